The predicted octanol–water partition coefficient (Wildman–Crippen LogP) is -2.30. The Morgan fingerprint density at radius 2 is 2.00 bits per heavy atom. The van der Waals surface area contributed by atoms with Crippen LogP contribution < -0.4 is 0 Å². The standard InChI is InChI=1S/C2H12O4Si3/c1-8(2)6-9(4)5-7-3/h3-4,8-9H,7H2,1-2H3. The SMILES string of the molecule is C[SiH](C)O[SiH](O)O[SiH2]O. The first-order chi connectivity index (χ1) is 4.16. The average Bonchev–Trinajstić information content (AvgIpc) is 1.63. The highest BCUT2D eigenvalue weighted by molar-refractivity contribution is 6.59. The van der Waals surface area contributed by atoms with Gasteiger partial charge in [-0.15, -0.1) is 0 Å². The van der Waals surface area contributed by atoms with Crippen LogP contribution in [-0.4, -0.2) is 38.2 Å². The second kappa shape index (κ2) is 5.29. The molecule has 0 rings (SSSR count). The predicted molar refractivity (Wildman–Crippen MR) is 41.2 cm³/mol. The van der Waals surface area contributed by atoms with Crippen molar-refractivity contribution in [3.05, 3.63) is 0 Å². The van der Waals surface area contributed by atoms with Gasteiger partial charge in [0.05, 0.1) is 0 Å². The topological polar surface area (TPSA) is 58.9 Å². The van der Waals surface area contributed by atoms with Gasteiger partial charge in [-0.1, -0.05) is 0 Å². The van der Waals surface area contributed by atoms with Crippen LogP contribution in [0.5, 0.6) is 0 Å². The molecule has 0 spiro atoms. The summed E-state index contributed by atoms with van der Waals surface area (Å²) in [6.45, 7) is 3.89. The lowest BCUT2D eigenvalue weighted by molar-refractivity contribution is 0.286. The van der Waals surface area contributed by atoms with Crippen molar-refractivity contribution >= 4 is 28.6 Å². The van der Waals surface area contributed by atoms with Crippen LogP contribution in [0, 0.1) is 0 Å². The highest BCUT2D eigenvalue weighted by atomic mass is 28.4. The third kappa shape index (κ3) is 6.37. The second-order valence-electron chi connectivity index (χ2n) is 1.79. The Labute approximate surface area is 60.2 Å². The molecule has 0 heterocycles. The van der Waals surface area contributed by atoms with Gasteiger partial charge in [-0.05, 0) is 13.1 Å². The van der Waals surface area contributed by atoms with Gasteiger partial charge in [-0.25, -0.2) is 0 Å². The molecule has 2 N–H and O–H groups in total. The number of rotatable bonds is 4. The second-order valence-corrected chi connectivity index (χ2v) is 7.18. The smallest absolute Gasteiger partial charge is 0.422 e. The van der Waals surface area contributed by atoms with E-state index in [4.69, 9.17) is 13.7 Å². The first-order valence-electron chi connectivity index (χ1n) is 2.72. The van der Waals surface area contributed by atoms with Crippen LogP contribution in [0.2, 0.25) is 13.1 Å². The maximum atomic E-state index is 8.82. The summed E-state index contributed by atoms with van der Waals surface area (Å²) in [5.41, 5.74) is 0. The first kappa shape index (κ1) is 9.49. The molecule has 0 saturated carbocycles. The lowest BCUT2D eigenvalue weighted by atomic mass is 11.9. The van der Waals surface area contributed by atoms with Gasteiger partial charge in [-0.2, -0.15) is 0 Å². The van der Waals surface area contributed by atoms with Gasteiger partial charge >= 0.3 is 9.53 Å². The molecule has 7 heteroatoms. The third-order valence-electron chi connectivity index (χ3n) is 0.606. The molecule has 0 bridgehead atoms. The Morgan fingerprint density at radius 3 is 2.33 bits per heavy atom. The van der Waals surface area contributed by atoms with Crippen molar-refractivity contribution in [2.75, 3.05) is 0 Å². The first-order valence-corrected chi connectivity index (χ1v) is 8.17. The molecule has 1 unspecified atom stereocenters. The van der Waals surface area contributed by atoms with Gasteiger partial charge in [0, 0.05) is 0 Å². The number of hydrogen-bond acceptors (Lipinski definition) is 4. The molecule has 0 amide bonds. The van der Waals surface area contributed by atoms with Crippen molar-refractivity contribution in [3.8, 4) is 0 Å². The Kier molecular flexibility index (Phi) is 5.58. The molecule has 0 aromatic rings. The molecule has 0 aliphatic carbocycles. The zero-order valence-electron chi connectivity index (χ0n) is 5.57. The fraction of sp³-hybridized carbons (Fsp3) is 1.00. The lowest BCUT2D eigenvalue weighted by Gasteiger charge is -2.10. The number of hydrogen-bond donors (Lipinski definition) is 2. The van der Waals surface area contributed by atoms with E-state index in [1.54, 1.807) is 0 Å². The van der Waals surface area contributed by atoms with Crippen LogP contribution in [0.4, 0.5) is 0 Å². The molecule has 0 saturated heterocycles. The molecule has 9 heavy (non-hydrogen) atoms. The molecular weight excluding hydrogens is 172 g/mol. The Balaban J connectivity index is 3.15. The summed E-state index contributed by atoms with van der Waals surface area (Å²) in [6.07, 6.45) is 0. The van der Waals surface area contributed by atoms with E-state index >= 15 is 0 Å². The molecule has 0 aliphatic heterocycles. The van der Waals surface area contributed by atoms with Crippen molar-refractivity contribution < 1.29 is 17.8 Å². The molecule has 0 aliphatic rings. The van der Waals surface area contributed by atoms with Crippen molar-refractivity contribution in [1.29, 1.82) is 0 Å². The van der Waals surface area contributed by atoms with Crippen molar-refractivity contribution in [2.45, 2.75) is 13.1 Å². The molecule has 0 radical (unpaired) electrons. The fourth-order valence-corrected chi connectivity index (χ4v) is 3.73. The van der Waals surface area contributed by atoms with E-state index in [0.29, 0.717) is 0 Å². The van der Waals surface area contributed by atoms with Crippen LogP contribution in [0.3, 0.4) is 0 Å². The summed E-state index contributed by atoms with van der Waals surface area (Å²) in [4.78, 5) is 17.1. The monoisotopic (exact) mass is 184 g/mol. The Bertz CT molecular complexity index is 68.8. The lowest BCUT2D eigenvalue weighted by Crippen LogP contribution is -2.29. The minimum atomic E-state index is -2.39. The van der Waals surface area contributed by atoms with Crippen LogP contribution >= 0.6 is 0 Å². The zero-order valence-corrected chi connectivity index (χ0v) is 9.30. The summed E-state index contributed by atoms with van der Waals surface area (Å²) < 4.78 is 9.53. The molecule has 0 aromatic heterocycles. The van der Waals surface area contributed by atoms with Crippen molar-refractivity contribution in [3.63, 3.8) is 0 Å². The molecule has 1 atom stereocenters. The quantitative estimate of drug-likeness (QED) is 0.483. The fourth-order valence-electron chi connectivity index (χ4n) is 0.336. The summed E-state index contributed by atoms with van der Waals surface area (Å²) in [5.74, 6) is 0. The minimum Gasteiger partial charge on any atom is -0.422 e. The van der Waals surface area contributed by atoms with Gasteiger partial charge in [0.15, 0.2) is 9.04 Å². The Morgan fingerprint density at radius 1 is 1.44 bits per heavy atom. The Hall–Kier alpha value is 0.491. The molecular formula is C2H12O4Si3. The van der Waals surface area contributed by atoms with Gasteiger partial charge in [0.2, 0.25) is 0 Å². The van der Waals surface area contributed by atoms with Gasteiger partial charge in [0.1, 0.15) is 0 Å². The molecule has 0 fully saturated rings. The average molecular weight is 184 g/mol. The van der Waals surface area contributed by atoms with Gasteiger partial charge < -0.3 is 17.8 Å². The van der Waals surface area contributed by atoms with E-state index in [0.717, 1.165) is 0 Å². The third-order valence-corrected chi connectivity index (χ3v) is 5.45. The zero-order chi connectivity index (χ0) is 7.28. The van der Waals surface area contributed by atoms with Crippen LogP contribution in [0.15, 0.2) is 0 Å². The van der Waals surface area contributed by atoms with E-state index in [1.807, 2.05) is 13.1 Å². The van der Waals surface area contributed by atoms with Crippen molar-refractivity contribution in [1.82, 2.24) is 0 Å². The van der Waals surface area contributed by atoms with E-state index in [1.165, 1.54) is 0 Å². The minimum absolute atomic E-state index is 1.16. The highest BCUT2D eigenvalue weighted by Gasteiger charge is 2.09. The molecule has 56 valence electrons. The molecule has 0 aromatic carbocycles. The maximum absolute atomic E-state index is 8.82. The van der Waals surface area contributed by atoms with Gasteiger partial charge in [-0.3, -0.25) is 0 Å². The van der Waals surface area contributed by atoms with Crippen molar-refractivity contribution in [2.24, 2.45) is 0 Å². The summed E-state index contributed by atoms with van der Waals surface area (Å²) in [5, 5.41) is 0. The van der Waals surface area contributed by atoms with E-state index in [2.05, 4.69) is 4.12 Å². The van der Waals surface area contributed by atoms with Crippen LogP contribution in [0.25, 0.3) is 0 Å². The summed E-state index contributed by atoms with van der Waals surface area (Å²) in [7, 11) is -5.02. The molecule has 4 nitrogen and oxygen atoms in total. The van der Waals surface area contributed by atoms with E-state index < -0.39 is 28.6 Å². The van der Waals surface area contributed by atoms with Gasteiger partial charge in [0.25, 0.3) is 10.0 Å². The largest absolute Gasteiger partial charge is 0.461 e. The van der Waals surface area contributed by atoms with Crippen LogP contribution in [0.1, 0.15) is 0 Å². The van der Waals surface area contributed by atoms with E-state index in [9.17, 15) is 0 Å². The summed E-state index contributed by atoms with van der Waals surface area (Å²) >= 11 is 0. The maximum Gasteiger partial charge on any atom is 0.461 e. The van der Waals surface area contributed by atoms with Crippen LogP contribution in [-0.2, 0) is 8.23 Å². The normalized spacial score (nSPS) is 15.7. The van der Waals surface area contributed by atoms with E-state index in [-0.39, 0.29) is 0 Å². The summed E-state index contributed by atoms with van der Waals surface area (Å²) in [6, 6.07) is 0. The highest BCUT2D eigenvalue weighted by Crippen LogP contribution is 1.87.